The second-order valence-electron chi connectivity index (χ2n) is 6.14. The van der Waals surface area contributed by atoms with Gasteiger partial charge in [0.15, 0.2) is 17.4 Å². The Morgan fingerprint density at radius 1 is 1.22 bits per heavy atom. The minimum atomic E-state index is 0.457. The van der Waals surface area contributed by atoms with E-state index in [0.29, 0.717) is 19.0 Å². The maximum atomic E-state index is 5.47. The first-order valence-electron chi connectivity index (χ1n) is 8.94. The zero-order valence-corrected chi connectivity index (χ0v) is 16.2. The average molecular weight is 367 g/mol. The molecule has 0 saturated carbocycles. The molecule has 27 heavy (non-hydrogen) atoms. The van der Waals surface area contributed by atoms with E-state index in [4.69, 9.17) is 4.74 Å². The van der Waals surface area contributed by atoms with Crippen LogP contribution >= 0.6 is 0 Å². The van der Waals surface area contributed by atoms with Gasteiger partial charge >= 0.3 is 0 Å². The van der Waals surface area contributed by atoms with Gasteiger partial charge in [-0.3, -0.25) is 9.38 Å². The average Bonchev–Trinajstić information content (AvgIpc) is 3.09. The molecule has 8 heteroatoms. The lowest BCUT2D eigenvalue weighted by molar-refractivity contribution is 0.407. The molecule has 0 aliphatic rings. The first kappa shape index (κ1) is 18.6. The van der Waals surface area contributed by atoms with Crippen molar-refractivity contribution in [2.24, 2.45) is 4.99 Å². The van der Waals surface area contributed by atoms with Crippen LogP contribution in [0.3, 0.4) is 0 Å². The van der Waals surface area contributed by atoms with Crippen LogP contribution in [-0.2, 0) is 13.1 Å². The smallest absolute Gasteiger partial charge is 0.192 e. The van der Waals surface area contributed by atoms with Gasteiger partial charge in [-0.1, -0.05) is 6.07 Å². The molecule has 0 bridgehead atoms. The van der Waals surface area contributed by atoms with E-state index in [2.05, 4.69) is 30.8 Å². The number of aryl methyl sites for hydroxylation is 1. The minimum Gasteiger partial charge on any atom is -0.496 e. The summed E-state index contributed by atoms with van der Waals surface area (Å²) in [6.07, 6.45) is 3.77. The number of aliphatic imine (C=N–C) groups is 1. The molecule has 0 aliphatic carbocycles. The molecule has 0 aliphatic heterocycles. The van der Waals surface area contributed by atoms with E-state index in [1.165, 1.54) is 0 Å². The van der Waals surface area contributed by atoms with E-state index in [-0.39, 0.29) is 0 Å². The molecule has 142 valence electrons. The molecule has 0 fully saturated rings. The lowest BCUT2D eigenvalue weighted by Crippen LogP contribution is -2.37. The Kier molecular flexibility index (Phi) is 5.85. The van der Waals surface area contributed by atoms with Crippen LogP contribution in [0.1, 0.15) is 29.6 Å². The number of hydrogen-bond donors (Lipinski definition) is 2. The summed E-state index contributed by atoms with van der Waals surface area (Å²) in [5, 5.41) is 14.9. The van der Waals surface area contributed by atoms with Crippen molar-refractivity contribution < 1.29 is 4.74 Å². The van der Waals surface area contributed by atoms with Crippen molar-refractivity contribution in [3.05, 3.63) is 53.2 Å². The SMILES string of the molecule is CCNC(=NCc1ncc(C)c(OC)c1C)NCc1nnc2ccccn12. The molecular formula is C19H25N7O. The first-order valence-corrected chi connectivity index (χ1v) is 8.94. The maximum Gasteiger partial charge on any atom is 0.192 e. The Labute approximate surface area is 158 Å². The number of pyridine rings is 2. The van der Waals surface area contributed by atoms with Gasteiger partial charge in [0, 0.05) is 30.1 Å². The molecule has 3 rings (SSSR count). The third-order valence-electron chi connectivity index (χ3n) is 4.28. The van der Waals surface area contributed by atoms with Crippen LogP contribution < -0.4 is 15.4 Å². The lowest BCUT2D eigenvalue weighted by atomic mass is 10.1. The van der Waals surface area contributed by atoms with Crippen LogP contribution in [0.25, 0.3) is 5.65 Å². The Balaban J connectivity index is 1.73. The normalized spacial score (nSPS) is 11.6. The summed E-state index contributed by atoms with van der Waals surface area (Å²) in [6, 6.07) is 5.82. The van der Waals surface area contributed by atoms with Gasteiger partial charge in [0.25, 0.3) is 0 Å². The highest BCUT2D eigenvalue weighted by Crippen LogP contribution is 2.24. The first-order chi connectivity index (χ1) is 13.1. The summed E-state index contributed by atoms with van der Waals surface area (Å²) in [5.74, 6) is 2.39. The van der Waals surface area contributed by atoms with Crippen molar-refractivity contribution in [3.8, 4) is 5.75 Å². The van der Waals surface area contributed by atoms with Crippen molar-refractivity contribution in [2.45, 2.75) is 33.9 Å². The van der Waals surface area contributed by atoms with Crippen LogP contribution in [0.5, 0.6) is 5.75 Å². The predicted octanol–water partition coefficient (Wildman–Crippen LogP) is 2.01. The molecular weight excluding hydrogens is 342 g/mol. The van der Waals surface area contributed by atoms with Crippen LogP contribution in [0, 0.1) is 13.8 Å². The van der Waals surface area contributed by atoms with E-state index in [1.54, 1.807) is 7.11 Å². The fourth-order valence-corrected chi connectivity index (χ4v) is 2.90. The lowest BCUT2D eigenvalue weighted by Gasteiger charge is -2.13. The number of methoxy groups -OCH3 is 1. The maximum absolute atomic E-state index is 5.47. The van der Waals surface area contributed by atoms with E-state index in [0.717, 1.165) is 40.6 Å². The van der Waals surface area contributed by atoms with Crippen molar-refractivity contribution in [2.75, 3.05) is 13.7 Å². The summed E-state index contributed by atoms with van der Waals surface area (Å²) in [7, 11) is 1.68. The van der Waals surface area contributed by atoms with Gasteiger partial charge < -0.3 is 15.4 Å². The third-order valence-corrected chi connectivity index (χ3v) is 4.28. The zero-order chi connectivity index (χ0) is 19.2. The summed E-state index contributed by atoms with van der Waals surface area (Å²) < 4.78 is 7.42. The molecule has 0 radical (unpaired) electrons. The number of nitrogens with one attached hydrogen (secondary N) is 2. The predicted molar refractivity (Wildman–Crippen MR) is 105 cm³/mol. The number of aromatic nitrogens is 4. The Morgan fingerprint density at radius 2 is 2.07 bits per heavy atom. The zero-order valence-electron chi connectivity index (χ0n) is 16.2. The van der Waals surface area contributed by atoms with Gasteiger partial charge in [-0.15, -0.1) is 10.2 Å². The molecule has 0 atom stereocenters. The largest absolute Gasteiger partial charge is 0.496 e. The van der Waals surface area contributed by atoms with Crippen molar-refractivity contribution in [1.82, 2.24) is 30.2 Å². The van der Waals surface area contributed by atoms with Crippen LogP contribution in [-0.4, -0.2) is 39.2 Å². The monoisotopic (exact) mass is 367 g/mol. The van der Waals surface area contributed by atoms with E-state index in [9.17, 15) is 0 Å². The van der Waals surface area contributed by atoms with Gasteiger partial charge in [-0.25, -0.2) is 4.99 Å². The van der Waals surface area contributed by atoms with Gasteiger partial charge in [0.05, 0.1) is 25.9 Å². The van der Waals surface area contributed by atoms with Crippen molar-refractivity contribution in [1.29, 1.82) is 0 Å². The number of hydrogen-bond acceptors (Lipinski definition) is 5. The van der Waals surface area contributed by atoms with E-state index >= 15 is 0 Å². The number of ether oxygens (including phenoxy) is 1. The Hall–Kier alpha value is -3.16. The van der Waals surface area contributed by atoms with Crippen molar-refractivity contribution in [3.63, 3.8) is 0 Å². The molecule has 3 heterocycles. The van der Waals surface area contributed by atoms with Gasteiger partial charge in [-0.05, 0) is 32.9 Å². The van der Waals surface area contributed by atoms with E-state index < -0.39 is 0 Å². The molecule has 3 aromatic heterocycles. The number of nitrogens with zero attached hydrogens (tertiary/aromatic N) is 5. The third kappa shape index (κ3) is 4.16. The van der Waals surface area contributed by atoms with Crippen LogP contribution in [0.4, 0.5) is 0 Å². The second-order valence-corrected chi connectivity index (χ2v) is 6.14. The Morgan fingerprint density at radius 3 is 2.85 bits per heavy atom. The molecule has 0 saturated heterocycles. The Bertz CT molecular complexity index is 948. The fourth-order valence-electron chi connectivity index (χ4n) is 2.90. The number of rotatable bonds is 6. The van der Waals surface area contributed by atoms with Crippen molar-refractivity contribution >= 4 is 11.6 Å². The summed E-state index contributed by atoms with van der Waals surface area (Å²) >= 11 is 0. The van der Waals surface area contributed by atoms with Gasteiger partial charge in [0.2, 0.25) is 0 Å². The van der Waals surface area contributed by atoms with Crippen LogP contribution in [0.15, 0.2) is 35.6 Å². The molecule has 3 aromatic rings. The molecule has 0 unspecified atom stereocenters. The van der Waals surface area contributed by atoms with Gasteiger partial charge in [-0.2, -0.15) is 0 Å². The molecule has 0 aromatic carbocycles. The standard InChI is InChI=1S/C19H25N7O/c1-5-20-19(22-11-15-14(3)18(27-4)13(2)10-21-15)23-12-17-25-24-16-8-6-7-9-26(16)17/h6-10H,5,11-12H2,1-4H3,(H2,20,22,23). The second kappa shape index (κ2) is 8.48. The summed E-state index contributed by atoms with van der Waals surface area (Å²) in [4.78, 5) is 9.15. The fraction of sp³-hybridized carbons (Fsp3) is 0.368. The number of fused-ring (bicyclic) bond motifs is 1. The molecule has 0 amide bonds. The van der Waals surface area contributed by atoms with Gasteiger partial charge in [0.1, 0.15) is 5.75 Å². The molecule has 2 N–H and O–H groups in total. The summed E-state index contributed by atoms with van der Waals surface area (Å²) in [6.45, 7) is 7.75. The topological polar surface area (TPSA) is 88.7 Å². The molecule has 8 nitrogen and oxygen atoms in total. The minimum absolute atomic E-state index is 0.457. The summed E-state index contributed by atoms with van der Waals surface area (Å²) in [5.41, 5.74) is 3.75. The highest BCUT2D eigenvalue weighted by atomic mass is 16.5. The number of guanidine groups is 1. The highest BCUT2D eigenvalue weighted by molar-refractivity contribution is 5.79. The van der Waals surface area contributed by atoms with Crippen LogP contribution in [0.2, 0.25) is 0 Å². The highest BCUT2D eigenvalue weighted by Gasteiger charge is 2.10. The molecule has 0 spiro atoms. The quantitative estimate of drug-likeness (QED) is 0.512. The van der Waals surface area contributed by atoms with E-state index in [1.807, 2.05) is 55.8 Å².